The topological polar surface area (TPSA) is 112 Å². The highest BCUT2D eigenvalue weighted by Crippen LogP contribution is 2.38. The summed E-state index contributed by atoms with van der Waals surface area (Å²) in [6.07, 6.45) is 0. The molecule has 0 saturated heterocycles. The van der Waals surface area contributed by atoms with E-state index in [0.717, 1.165) is 6.07 Å². The fourth-order valence-corrected chi connectivity index (χ4v) is 2.68. The lowest BCUT2D eigenvalue weighted by Gasteiger charge is -2.16. The van der Waals surface area contributed by atoms with Crippen LogP contribution >= 0.6 is 0 Å². The molecule has 2 aromatic carbocycles. The first-order valence-corrected chi connectivity index (χ1v) is 9.53. The summed E-state index contributed by atoms with van der Waals surface area (Å²) >= 11 is 0. The third-order valence-electron chi connectivity index (χ3n) is 4.43. The van der Waals surface area contributed by atoms with E-state index in [2.05, 4.69) is 10.6 Å². The second-order valence-electron chi connectivity index (χ2n) is 6.73. The average molecular weight is 448 g/mol. The number of halogens is 1. The summed E-state index contributed by atoms with van der Waals surface area (Å²) in [4.78, 5) is 36.7. The third kappa shape index (κ3) is 6.10. The molecule has 0 spiro atoms. The van der Waals surface area contributed by atoms with Crippen molar-refractivity contribution in [2.24, 2.45) is 0 Å². The van der Waals surface area contributed by atoms with Crippen LogP contribution in [0.5, 0.6) is 17.2 Å². The lowest BCUT2D eigenvalue weighted by Crippen LogP contribution is -2.40. The number of rotatable bonds is 9. The zero-order valence-electron chi connectivity index (χ0n) is 18.4. The molecule has 0 fully saturated rings. The number of aryl methyl sites for hydroxylation is 1. The first kappa shape index (κ1) is 24.4. The van der Waals surface area contributed by atoms with Gasteiger partial charge < -0.3 is 29.6 Å². The Morgan fingerprint density at radius 1 is 1.00 bits per heavy atom. The Hall–Kier alpha value is -3.82. The molecule has 32 heavy (non-hydrogen) atoms. The number of hydrogen-bond donors (Lipinski definition) is 2. The summed E-state index contributed by atoms with van der Waals surface area (Å²) in [7, 11) is 4.26. The van der Waals surface area contributed by atoms with Gasteiger partial charge in [-0.05, 0) is 43.7 Å². The van der Waals surface area contributed by atoms with E-state index in [1.165, 1.54) is 52.5 Å². The van der Waals surface area contributed by atoms with Crippen LogP contribution in [0.3, 0.4) is 0 Å². The van der Waals surface area contributed by atoms with Crippen LogP contribution in [-0.2, 0) is 14.3 Å². The first-order chi connectivity index (χ1) is 15.2. The van der Waals surface area contributed by atoms with Crippen molar-refractivity contribution in [1.29, 1.82) is 0 Å². The summed E-state index contributed by atoms with van der Waals surface area (Å²) in [5, 5.41) is 4.90. The molecule has 2 aromatic rings. The molecule has 2 amide bonds. The van der Waals surface area contributed by atoms with Gasteiger partial charge in [-0.15, -0.1) is 0 Å². The minimum absolute atomic E-state index is 0.165. The molecule has 0 radical (unpaired) electrons. The van der Waals surface area contributed by atoms with Crippen molar-refractivity contribution in [3.63, 3.8) is 0 Å². The van der Waals surface area contributed by atoms with Crippen molar-refractivity contribution in [2.75, 3.05) is 33.3 Å². The van der Waals surface area contributed by atoms with E-state index >= 15 is 0 Å². The van der Waals surface area contributed by atoms with E-state index in [1.807, 2.05) is 0 Å². The summed E-state index contributed by atoms with van der Waals surface area (Å²) < 4.78 is 34.1. The number of methoxy groups -OCH3 is 3. The highest BCUT2D eigenvalue weighted by molar-refractivity contribution is 5.98. The standard InChI is InChI=1S/C22H25FN2O7/c1-12-6-7-15(10-16(12)23)25-19(26)11-32-22(28)13(2)24-21(27)14-8-17(29-3)20(31-5)18(9-14)30-4/h6-10,13H,11H2,1-5H3,(H,24,27)(H,25,26)/t13-/m1/s1. The van der Waals surface area contributed by atoms with Crippen LogP contribution in [0.4, 0.5) is 10.1 Å². The van der Waals surface area contributed by atoms with E-state index < -0.39 is 36.2 Å². The van der Waals surface area contributed by atoms with E-state index in [0.29, 0.717) is 11.3 Å². The predicted molar refractivity (Wildman–Crippen MR) is 114 cm³/mol. The van der Waals surface area contributed by atoms with Gasteiger partial charge in [-0.3, -0.25) is 9.59 Å². The molecule has 0 aliphatic heterocycles. The Bertz CT molecular complexity index is 985. The second kappa shape index (κ2) is 11.0. The van der Waals surface area contributed by atoms with Crippen LogP contribution < -0.4 is 24.8 Å². The van der Waals surface area contributed by atoms with Gasteiger partial charge in [0.2, 0.25) is 5.75 Å². The number of benzene rings is 2. The van der Waals surface area contributed by atoms with Gasteiger partial charge in [0.25, 0.3) is 11.8 Å². The monoisotopic (exact) mass is 448 g/mol. The maximum absolute atomic E-state index is 13.5. The Balaban J connectivity index is 1.94. The number of amides is 2. The van der Waals surface area contributed by atoms with Gasteiger partial charge in [-0.2, -0.15) is 0 Å². The van der Waals surface area contributed by atoms with Crippen LogP contribution in [0.25, 0.3) is 0 Å². The molecular weight excluding hydrogens is 423 g/mol. The van der Waals surface area contributed by atoms with Gasteiger partial charge in [0, 0.05) is 11.3 Å². The first-order valence-electron chi connectivity index (χ1n) is 9.53. The number of ether oxygens (including phenoxy) is 4. The van der Waals surface area contributed by atoms with Crippen molar-refractivity contribution in [2.45, 2.75) is 19.9 Å². The van der Waals surface area contributed by atoms with Gasteiger partial charge >= 0.3 is 5.97 Å². The number of anilines is 1. The minimum atomic E-state index is -1.05. The largest absolute Gasteiger partial charge is 0.493 e. The lowest BCUT2D eigenvalue weighted by atomic mass is 10.1. The van der Waals surface area contributed by atoms with E-state index in [9.17, 15) is 18.8 Å². The van der Waals surface area contributed by atoms with Gasteiger partial charge in [0.05, 0.1) is 21.3 Å². The van der Waals surface area contributed by atoms with Crippen molar-refractivity contribution in [3.8, 4) is 17.2 Å². The molecule has 10 heteroatoms. The molecule has 2 N–H and O–H groups in total. The van der Waals surface area contributed by atoms with Crippen LogP contribution in [-0.4, -0.2) is 51.8 Å². The molecular formula is C22H25FN2O7. The van der Waals surface area contributed by atoms with Gasteiger partial charge in [-0.25, -0.2) is 9.18 Å². The van der Waals surface area contributed by atoms with Crippen molar-refractivity contribution >= 4 is 23.5 Å². The van der Waals surface area contributed by atoms with E-state index in [1.54, 1.807) is 6.92 Å². The third-order valence-corrected chi connectivity index (χ3v) is 4.43. The van der Waals surface area contributed by atoms with Crippen molar-refractivity contribution < 1.29 is 37.7 Å². The molecule has 1 atom stereocenters. The number of carbonyl (C=O) groups excluding carboxylic acids is 3. The smallest absolute Gasteiger partial charge is 0.328 e. The number of carbonyl (C=O) groups is 3. The van der Waals surface area contributed by atoms with Crippen LogP contribution in [0.15, 0.2) is 30.3 Å². The van der Waals surface area contributed by atoms with E-state index in [-0.39, 0.29) is 22.7 Å². The Labute approximate surface area is 184 Å². The highest BCUT2D eigenvalue weighted by Gasteiger charge is 2.22. The fraction of sp³-hybridized carbons (Fsp3) is 0.318. The molecule has 0 saturated carbocycles. The number of esters is 1. The maximum atomic E-state index is 13.5. The predicted octanol–water partition coefficient (Wildman–Crippen LogP) is 2.46. The van der Waals surface area contributed by atoms with Crippen LogP contribution in [0, 0.1) is 12.7 Å². The van der Waals surface area contributed by atoms with Crippen LogP contribution in [0.1, 0.15) is 22.8 Å². The second-order valence-corrected chi connectivity index (χ2v) is 6.73. The van der Waals surface area contributed by atoms with Crippen LogP contribution in [0.2, 0.25) is 0 Å². The zero-order valence-corrected chi connectivity index (χ0v) is 18.4. The number of hydrogen-bond acceptors (Lipinski definition) is 7. The van der Waals surface area contributed by atoms with Gasteiger partial charge in [0.15, 0.2) is 18.1 Å². The normalized spacial score (nSPS) is 11.2. The Morgan fingerprint density at radius 3 is 2.16 bits per heavy atom. The van der Waals surface area contributed by atoms with Crippen molar-refractivity contribution in [1.82, 2.24) is 5.32 Å². The quantitative estimate of drug-likeness (QED) is 0.567. The molecule has 172 valence electrons. The zero-order chi connectivity index (χ0) is 23.8. The van der Waals surface area contributed by atoms with Gasteiger partial charge in [0.1, 0.15) is 11.9 Å². The average Bonchev–Trinajstić information content (AvgIpc) is 2.78. The summed E-state index contributed by atoms with van der Waals surface area (Å²) in [5.41, 5.74) is 0.835. The summed E-state index contributed by atoms with van der Waals surface area (Å²) in [5.74, 6) is -1.66. The maximum Gasteiger partial charge on any atom is 0.328 e. The van der Waals surface area contributed by atoms with E-state index in [4.69, 9.17) is 18.9 Å². The Kier molecular flexibility index (Phi) is 8.39. The highest BCUT2D eigenvalue weighted by atomic mass is 19.1. The SMILES string of the molecule is COc1cc(C(=O)N[C@H](C)C(=O)OCC(=O)Nc2ccc(C)c(F)c2)cc(OC)c1OC. The lowest BCUT2D eigenvalue weighted by molar-refractivity contribution is -0.148. The Morgan fingerprint density at radius 2 is 1.62 bits per heavy atom. The molecule has 0 bridgehead atoms. The van der Waals surface area contributed by atoms with Crippen molar-refractivity contribution in [3.05, 3.63) is 47.3 Å². The molecule has 0 aliphatic rings. The molecule has 9 nitrogen and oxygen atoms in total. The number of nitrogens with one attached hydrogen (secondary N) is 2. The summed E-state index contributed by atoms with van der Waals surface area (Å²) in [6.45, 7) is 2.40. The molecule has 2 rings (SSSR count). The van der Waals surface area contributed by atoms with Gasteiger partial charge in [-0.1, -0.05) is 6.07 Å². The fourth-order valence-electron chi connectivity index (χ4n) is 2.68. The minimum Gasteiger partial charge on any atom is -0.493 e. The molecule has 0 aromatic heterocycles. The molecule has 0 heterocycles. The molecule has 0 aliphatic carbocycles. The molecule has 0 unspecified atom stereocenters. The summed E-state index contributed by atoms with van der Waals surface area (Å²) in [6, 6.07) is 6.02.